The van der Waals surface area contributed by atoms with E-state index in [1.165, 1.54) is 29.0 Å². The Morgan fingerprint density at radius 3 is 3.14 bits per heavy atom. The van der Waals surface area contributed by atoms with E-state index in [4.69, 9.17) is 4.98 Å². The van der Waals surface area contributed by atoms with Crippen LogP contribution in [0.5, 0.6) is 0 Å². The maximum absolute atomic E-state index is 10.2. The Balaban J connectivity index is 1.53. The molecule has 1 aromatic carbocycles. The van der Waals surface area contributed by atoms with Crippen LogP contribution in [0.15, 0.2) is 24.3 Å². The van der Waals surface area contributed by atoms with E-state index in [0.29, 0.717) is 6.54 Å². The number of aromatic nitrogens is 1. The van der Waals surface area contributed by atoms with Gasteiger partial charge in [0.1, 0.15) is 5.01 Å². The lowest BCUT2D eigenvalue weighted by Crippen LogP contribution is -2.21. The molecular formula is C18H24N2OS. The number of rotatable bonds is 5. The van der Waals surface area contributed by atoms with E-state index < -0.39 is 6.10 Å². The van der Waals surface area contributed by atoms with Gasteiger partial charge >= 0.3 is 0 Å². The number of aryl methyl sites for hydroxylation is 2. The number of benzene rings is 1. The van der Waals surface area contributed by atoms with Gasteiger partial charge in [-0.25, -0.2) is 4.98 Å². The van der Waals surface area contributed by atoms with Crippen LogP contribution in [0, 0.1) is 12.8 Å². The first kappa shape index (κ1) is 15.7. The van der Waals surface area contributed by atoms with Crippen LogP contribution in [-0.4, -0.2) is 16.6 Å². The molecule has 2 aromatic rings. The first-order valence-electron chi connectivity index (χ1n) is 8.04. The third-order valence-electron chi connectivity index (χ3n) is 4.27. The van der Waals surface area contributed by atoms with Crippen molar-refractivity contribution in [1.82, 2.24) is 10.3 Å². The van der Waals surface area contributed by atoms with Crippen LogP contribution in [0.25, 0.3) is 0 Å². The summed E-state index contributed by atoms with van der Waals surface area (Å²) < 4.78 is 0. The van der Waals surface area contributed by atoms with Gasteiger partial charge in [0.05, 0.1) is 11.8 Å². The minimum Gasteiger partial charge on any atom is -0.387 e. The number of nitrogens with one attached hydrogen (secondary N) is 1. The van der Waals surface area contributed by atoms with E-state index in [1.807, 2.05) is 42.5 Å². The zero-order valence-electron chi connectivity index (χ0n) is 13.3. The lowest BCUT2D eigenvalue weighted by molar-refractivity contribution is 0.174. The number of aliphatic hydroxyl groups excluding tert-OH is 1. The largest absolute Gasteiger partial charge is 0.387 e. The molecule has 0 fully saturated rings. The first-order valence-corrected chi connectivity index (χ1v) is 8.86. The van der Waals surface area contributed by atoms with Crippen LogP contribution in [0.2, 0.25) is 0 Å². The third kappa shape index (κ3) is 3.75. The molecule has 0 amide bonds. The van der Waals surface area contributed by atoms with Gasteiger partial charge in [-0.3, -0.25) is 0 Å². The molecule has 0 spiro atoms. The van der Waals surface area contributed by atoms with Crippen molar-refractivity contribution in [3.8, 4) is 0 Å². The second-order valence-electron chi connectivity index (χ2n) is 6.39. The van der Waals surface area contributed by atoms with Crippen LogP contribution in [-0.2, 0) is 19.4 Å². The zero-order valence-corrected chi connectivity index (χ0v) is 14.1. The van der Waals surface area contributed by atoms with E-state index in [0.717, 1.165) is 29.5 Å². The average Bonchev–Trinajstić information content (AvgIpc) is 2.89. The average molecular weight is 316 g/mol. The normalized spacial score (nSPS) is 19.0. The van der Waals surface area contributed by atoms with E-state index >= 15 is 0 Å². The zero-order chi connectivity index (χ0) is 15.5. The van der Waals surface area contributed by atoms with Gasteiger partial charge in [-0.2, -0.15) is 0 Å². The predicted octanol–water partition coefficient (Wildman–Crippen LogP) is 3.40. The Labute approximate surface area is 136 Å². The fourth-order valence-electron chi connectivity index (χ4n) is 2.98. The lowest BCUT2D eigenvalue weighted by Gasteiger charge is -2.15. The summed E-state index contributed by atoms with van der Waals surface area (Å²) in [4.78, 5) is 6.21. The Morgan fingerprint density at radius 2 is 2.32 bits per heavy atom. The van der Waals surface area contributed by atoms with Crippen LogP contribution >= 0.6 is 11.3 Å². The van der Waals surface area contributed by atoms with Gasteiger partial charge in [0, 0.05) is 18.0 Å². The molecule has 1 heterocycles. The topological polar surface area (TPSA) is 45.1 Å². The summed E-state index contributed by atoms with van der Waals surface area (Å²) >= 11 is 1.83. The number of hydrogen-bond acceptors (Lipinski definition) is 4. The summed E-state index contributed by atoms with van der Waals surface area (Å²) in [6, 6.07) is 8.05. The second-order valence-corrected chi connectivity index (χ2v) is 7.55. The quantitative estimate of drug-likeness (QED) is 0.888. The highest BCUT2D eigenvalue weighted by molar-refractivity contribution is 7.11. The summed E-state index contributed by atoms with van der Waals surface area (Å²) in [6.45, 7) is 5.67. The van der Waals surface area contributed by atoms with E-state index in [2.05, 4.69) is 12.2 Å². The summed E-state index contributed by atoms with van der Waals surface area (Å²) in [6.07, 6.45) is 3.10. The molecule has 1 aromatic heterocycles. The smallest absolute Gasteiger partial charge is 0.107 e. The van der Waals surface area contributed by atoms with E-state index in [1.54, 1.807) is 0 Å². The molecule has 3 nitrogen and oxygen atoms in total. The van der Waals surface area contributed by atoms with E-state index in [9.17, 15) is 5.11 Å². The molecule has 4 heteroatoms. The Morgan fingerprint density at radius 1 is 1.45 bits per heavy atom. The molecule has 1 aliphatic carbocycles. The number of fused-ring (bicyclic) bond motifs is 1. The molecule has 1 aliphatic rings. The van der Waals surface area contributed by atoms with Gasteiger partial charge in [0.15, 0.2) is 0 Å². The minimum absolute atomic E-state index is 0.463. The maximum atomic E-state index is 10.2. The Kier molecular flexibility index (Phi) is 4.91. The van der Waals surface area contributed by atoms with Crippen molar-refractivity contribution in [2.45, 2.75) is 45.8 Å². The maximum Gasteiger partial charge on any atom is 0.107 e. The highest BCUT2D eigenvalue weighted by Crippen LogP contribution is 2.29. The lowest BCUT2D eigenvalue weighted by atomic mass is 9.93. The van der Waals surface area contributed by atoms with Gasteiger partial charge in [-0.15, -0.1) is 11.3 Å². The molecular weight excluding hydrogens is 292 g/mol. The summed E-state index contributed by atoms with van der Waals surface area (Å²) in [5.74, 6) is 0.789. The molecule has 2 N–H and O–H groups in total. The third-order valence-corrected chi connectivity index (χ3v) is 5.39. The number of thiazole rings is 1. The fraction of sp³-hybridized carbons (Fsp3) is 0.500. The molecule has 0 bridgehead atoms. The second kappa shape index (κ2) is 6.90. The van der Waals surface area contributed by atoms with Crippen LogP contribution < -0.4 is 5.32 Å². The van der Waals surface area contributed by atoms with Crippen molar-refractivity contribution in [2.75, 3.05) is 6.54 Å². The molecule has 3 rings (SSSR count). The SMILES string of the molecule is Cc1cccc(C(O)CNCc2nc3c(s2)CC(C)CC3)c1. The van der Waals surface area contributed by atoms with Crippen molar-refractivity contribution < 1.29 is 5.11 Å². The highest BCUT2D eigenvalue weighted by atomic mass is 32.1. The molecule has 0 aliphatic heterocycles. The van der Waals surface area contributed by atoms with Gasteiger partial charge < -0.3 is 10.4 Å². The molecule has 22 heavy (non-hydrogen) atoms. The molecule has 0 saturated heterocycles. The Hall–Kier alpha value is -1.23. The predicted molar refractivity (Wildman–Crippen MR) is 91.1 cm³/mol. The van der Waals surface area contributed by atoms with Gasteiger partial charge in [-0.05, 0) is 37.7 Å². The Bertz CT molecular complexity index is 638. The van der Waals surface area contributed by atoms with Crippen molar-refractivity contribution in [3.63, 3.8) is 0 Å². The van der Waals surface area contributed by atoms with Crippen LogP contribution in [0.4, 0.5) is 0 Å². The molecule has 118 valence electrons. The van der Waals surface area contributed by atoms with Gasteiger partial charge in [0.2, 0.25) is 0 Å². The molecule has 0 saturated carbocycles. The number of aliphatic hydroxyl groups is 1. The monoisotopic (exact) mass is 316 g/mol. The van der Waals surface area contributed by atoms with Gasteiger partial charge in [-0.1, -0.05) is 36.8 Å². The first-order chi connectivity index (χ1) is 10.6. The number of nitrogens with zero attached hydrogens (tertiary/aromatic N) is 1. The highest BCUT2D eigenvalue weighted by Gasteiger charge is 2.19. The molecule has 2 atom stereocenters. The van der Waals surface area contributed by atoms with Gasteiger partial charge in [0.25, 0.3) is 0 Å². The molecule has 2 unspecified atom stereocenters. The summed E-state index contributed by atoms with van der Waals surface area (Å²) in [7, 11) is 0. The molecule has 0 radical (unpaired) electrons. The number of hydrogen-bond donors (Lipinski definition) is 2. The van der Waals surface area contributed by atoms with Crippen molar-refractivity contribution in [1.29, 1.82) is 0 Å². The summed E-state index contributed by atoms with van der Waals surface area (Å²) in [5, 5.41) is 14.7. The van der Waals surface area contributed by atoms with Crippen LogP contribution in [0.3, 0.4) is 0 Å². The van der Waals surface area contributed by atoms with Crippen molar-refractivity contribution in [3.05, 3.63) is 51.0 Å². The van der Waals surface area contributed by atoms with Crippen LogP contribution in [0.1, 0.15) is 46.2 Å². The fourth-order valence-corrected chi connectivity index (χ4v) is 4.23. The van der Waals surface area contributed by atoms with E-state index in [-0.39, 0.29) is 0 Å². The van der Waals surface area contributed by atoms with Crippen molar-refractivity contribution in [2.24, 2.45) is 5.92 Å². The summed E-state index contributed by atoms with van der Waals surface area (Å²) in [5.41, 5.74) is 3.46. The standard InChI is InChI=1S/C18H24N2OS/c1-12-4-3-5-14(8-12)16(21)10-19-11-18-20-15-7-6-13(2)9-17(15)22-18/h3-5,8,13,16,19,21H,6-7,9-11H2,1-2H3. The van der Waals surface area contributed by atoms with Crippen molar-refractivity contribution >= 4 is 11.3 Å². The minimum atomic E-state index is -0.463.